The van der Waals surface area contributed by atoms with E-state index in [2.05, 4.69) is 60.4 Å². The Bertz CT molecular complexity index is 731. The van der Waals surface area contributed by atoms with Crippen molar-refractivity contribution in [2.24, 2.45) is 0 Å². The van der Waals surface area contributed by atoms with E-state index in [0.29, 0.717) is 0 Å². The Hall–Kier alpha value is -1.86. The molecule has 2 heteroatoms. The zero-order chi connectivity index (χ0) is 13.9. The number of pyridine rings is 1. The summed E-state index contributed by atoms with van der Waals surface area (Å²) in [5.74, 6) is 0. The van der Waals surface area contributed by atoms with E-state index >= 15 is 0 Å². The molecule has 3 aromatic rings. The lowest BCUT2D eigenvalue weighted by Crippen LogP contribution is -2.01. The fourth-order valence-corrected chi connectivity index (χ4v) is 2.87. The SMILES string of the molecule is Cc1cccnc1CC(Cl)c1cccc2ccccc12. The molecule has 2 aromatic carbocycles. The lowest BCUT2D eigenvalue weighted by molar-refractivity contribution is 0.876. The Morgan fingerprint density at radius 1 is 1.00 bits per heavy atom. The summed E-state index contributed by atoms with van der Waals surface area (Å²) in [6, 6.07) is 18.7. The maximum Gasteiger partial charge on any atom is 0.0646 e. The van der Waals surface area contributed by atoms with Crippen molar-refractivity contribution < 1.29 is 0 Å². The topological polar surface area (TPSA) is 12.9 Å². The van der Waals surface area contributed by atoms with Gasteiger partial charge in [0.15, 0.2) is 0 Å². The van der Waals surface area contributed by atoms with Crippen molar-refractivity contribution >= 4 is 22.4 Å². The van der Waals surface area contributed by atoms with E-state index in [-0.39, 0.29) is 5.38 Å². The first kappa shape index (κ1) is 13.1. The minimum Gasteiger partial charge on any atom is -0.261 e. The van der Waals surface area contributed by atoms with Gasteiger partial charge in [-0.05, 0) is 34.9 Å². The van der Waals surface area contributed by atoms with Crippen molar-refractivity contribution in [2.45, 2.75) is 18.7 Å². The third kappa shape index (κ3) is 2.54. The highest BCUT2D eigenvalue weighted by atomic mass is 35.5. The van der Waals surface area contributed by atoms with Gasteiger partial charge in [0.25, 0.3) is 0 Å². The number of benzene rings is 2. The van der Waals surface area contributed by atoms with Crippen molar-refractivity contribution in [1.29, 1.82) is 0 Å². The van der Waals surface area contributed by atoms with Crippen molar-refractivity contribution in [1.82, 2.24) is 4.98 Å². The number of halogens is 1. The van der Waals surface area contributed by atoms with E-state index in [1.807, 2.05) is 12.3 Å². The highest BCUT2D eigenvalue weighted by Gasteiger charge is 2.13. The maximum absolute atomic E-state index is 6.65. The quantitative estimate of drug-likeness (QED) is 0.611. The zero-order valence-electron chi connectivity index (χ0n) is 11.4. The van der Waals surface area contributed by atoms with Crippen molar-refractivity contribution in [3.05, 3.63) is 77.6 Å². The van der Waals surface area contributed by atoms with E-state index in [0.717, 1.165) is 12.1 Å². The monoisotopic (exact) mass is 281 g/mol. The molecule has 0 N–H and O–H groups in total. The standard InChI is InChI=1S/C18H16ClN/c1-13-6-5-11-20-18(13)12-17(19)16-10-4-8-14-7-2-3-9-15(14)16/h2-11,17H,12H2,1H3. The largest absolute Gasteiger partial charge is 0.261 e. The lowest BCUT2D eigenvalue weighted by atomic mass is 9.98. The van der Waals surface area contributed by atoms with Crippen LogP contribution >= 0.6 is 11.6 Å². The first-order chi connectivity index (χ1) is 9.75. The summed E-state index contributed by atoms with van der Waals surface area (Å²) in [5.41, 5.74) is 3.44. The van der Waals surface area contributed by atoms with Crippen LogP contribution in [-0.2, 0) is 6.42 Å². The van der Waals surface area contributed by atoms with Gasteiger partial charge in [-0.15, -0.1) is 11.6 Å². The molecule has 0 spiro atoms. The molecular weight excluding hydrogens is 266 g/mol. The van der Waals surface area contributed by atoms with Gasteiger partial charge >= 0.3 is 0 Å². The second kappa shape index (κ2) is 5.64. The molecule has 0 radical (unpaired) electrons. The second-order valence-electron chi connectivity index (χ2n) is 5.01. The number of rotatable bonds is 3. The highest BCUT2D eigenvalue weighted by Crippen LogP contribution is 2.31. The van der Waals surface area contributed by atoms with Crippen LogP contribution in [-0.4, -0.2) is 4.98 Å². The minimum atomic E-state index is -0.0605. The Morgan fingerprint density at radius 2 is 1.80 bits per heavy atom. The van der Waals surface area contributed by atoms with Crippen molar-refractivity contribution in [3.63, 3.8) is 0 Å². The summed E-state index contributed by atoms with van der Waals surface area (Å²) in [4.78, 5) is 4.44. The normalized spacial score (nSPS) is 12.5. The number of aryl methyl sites for hydroxylation is 1. The molecule has 3 rings (SSSR count). The predicted octanol–water partition coefficient (Wildman–Crippen LogP) is 5.07. The van der Waals surface area contributed by atoms with Crippen LogP contribution in [0.5, 0.6) is 0 Å². The molecule has 0 saturated carbocycles. The van der Waals surface area contributed by atoms with Crippen LogP contribution in [0.15, 0.2) is 60.8 Å². The molecule has 0 aliphatic rings. The molecule has 0 fully saturated rings. The summed E-state index contributed by atoms with van der Waals surface area (Å²) >= 11 is 6.65. The van der Waals surface area contributed by atoms with Crippen LogP contribution in [0, 0.1) is 6.92 Å². The van der Waals surface area contributed by atoms with Crippen LogP contribution in [0.25, 0.3) is 10.8 Å². The molecule has 0 bridgehead atoms. The Labute approximate surface area is 124 Å². The van der Waals surface area contributed by atoms with Gasteiger partial charge in [0.05, 0.1) is 5.38 Å². The van der Waals surface area contributed by atoms with Crippen LogP contribution < -0.4 is 0 Å². The van der Waals surface area contributed by atoms with Crippen molar-refractivity contribution in [2.75, 3.05) is 0 Å². The second-order valence-corrected chi connectivity index (χ2v) is 5.53. The highest BCUT2D eigenvalue weighted by molar-refractivity contribution is 6.22. The number of fused-ring (bicyclic) bond motifs is 1. The van der Waals surface area contributed by atoms with E-state index in [9.17, 15) is 0 Å². The van der Waals surface area contributed by atoms with E-state index in [4.69, 9.17) is 11.6 Å². The van der Waals surface area contributed by atoms with Gasteiger partial charge in [-0.2, -0.15) is 0 Å². The molecule has 1 nitrogen and oxygen atoms in total. The molecular formula is C18H16ClN. The predicted molar refractivity (Wildman–Crippen MR) is 85.2 cm³/mol. The van der Waals surface area contributed by atoms with Crippen molar-refractivity contribution in [3.8, 4) is 0 Å². The van der Waals surface area contributed by atoms with Crippen LogP contribution in [0.4, 0.5) is 0 Å². The average Bonchev–Trinajstić information content (AvgIpc) is 2.49. The molecule has 1 aromatic heterocycles. The molecule has 0 aliphatic heterocycles. The van der Waals surface area contributed by atoms with Crippen LogP contribution in [0.2, 0.25) is 0 Å². The van der Waals surface area contributed by atoms with Gasteiger partial charge < -0.3 is 0 Å². The maximum atomic E-state index is 6.65. The number of hydrogen-bond acceptors (Lipinski definition) is 1. The van der Waals surface area contributed by atoms with Gasteiger partial charge in [-0.3, -0.25) is 4.98 Å². The first-order valence-electron chi connectivity index (χ1n) is 6.78. The lowest BCUT2D eigenvalue weighted by Gasteiger charge is -2.13. The molecule has 100 valence electrons. The average molecular weight is 282 g/mol. The fraction of sp³-hybridized carbons (Fsp3) is 0.167. The number of nitrogens with zero attached hydrogens (tertiary/aromatic N) is 1. The summed E-state index contributed by atoms with van der Waals surface area (Å²) < 4.78 is 0. The van der Waals surface area contributed by atoms with Gasteiger partial charge in [0.2, 0.25) is 0 Å². The Balaban J connectivity index is 1.97. The van der Waals surface area contributed by atoms with E-state index in [1.165, 1.54) is 21.9 Å². The molecule has 1 unspecified atom stereocenters. The third-order valence-electron chi connectivity index (χ3n) is 3.65. The summed E-state index contributed by atoms with van der Waals surface area (Å²) in [6.07, 6.45) is 2.58. The third-order valence-corrected chi connectivity index (χ3v) is 4.04. The summed E-state index contributed by atoms with van der Waals surface area (Å²) in [7, 11) is 0. The molecule has 20 heavy (non-hydrogen) atoms. The minimum absolute atomic E-state index is 0.0605. The van der Waals surface area contributed by atoms with E-state index in [1.54, 1.807) is 0 Å². The smallest absolute Gasteiger partial charge is 0.0646 e. The van der Waals surface area contributed by atoms with Gasteiger partial charge in [-0.1, -0.05) is 48.5 Å². The summed E-state index contributed by atoms with van der Waals surface area (Å²) in [5, 5.41) is 2.40. The molecule has 1 atom stereocenters. The van der Waals surface area contributed by atoms with Gasteiger partial charge in [0.1, 0.15) is 0 Å². The number of hydrogen-bond donors (Lipinski definition) is 0. The molecule has 0 aliphatic carbocycles. The van der Waals surface area contributed by atoms with Crippen LogP contribution in [0.1, 0.15) is 22.2 Å². The number of aromatic nitrogens is 1. The summed E-state index contributed by atoms with van der Waals surface area (Å²) in [6.45, 7) is 2.08. The molecule has 1 heterocycles. The van der Waals surface area contributed by atoms with Gasteiger partial charge in [-0.25, -0.2) is 0 Å². The van der Waals surface area contributed by atoms with E-state index < -0.39 is 0 Å². The molecule has 0 saturated heterocycles. The van der Waals surface area contributed by atoms with Crippen LogP contribution in [0.3, 0.4) is 0 Å². The van der Waals surface area contributed by atoms with Gasteiger partial charge in [0, 0.05) is 18.3 Å². The Kier molecular flexibility index (Phi) is 3.70. The number of alkyl halides is 1. The zero-order valence-corrected chi connectivity index (χ0v) is 12.1. The molecule has 0 amide bonds. The Morgan fingerprint density at radius 3 is 2.65 bits per heavy atom. The first-order valence-corrected chi connectivity index (χ1v) is 7.21. The fourth-order valence-electron chi connectivity index (χ4n) is 2.54.